The molecule has 146 valence electrons. The molecule has 1 rings (SSSR count). The van der Waals surface area contributed by atoms with Crippen molar-refractivity contribution in [1.82, 2.24) is 21.1 Å². The number of hydrazine groups is 1. The molecule has 0 bridgehead atoms. The number of carboxylic acid groups (broad SMARTS) is 1. The maximum Gasteiger partial charge on any atom is 0.322 e. The summed E-state index contributed by atoms with van der Waals surface area (Å²) in [5.74, 6) is -2.41. The number of carboxylic acids is 1. The third kappa shape index (κ3) is 6.14. The first-order valence-electron chi connectivity index (χ1n) is 8.68. The second kappa shape index (κ2) is 9.91. The van der Waals surface area contributed by atoms with Gasteiger partial charge in [-0.1, -0.05) is 19.9 Å². The molecular weight excluding hydrogens is 340 g/mol. The van der Waals surface area contributed by atoms with E-state index in [1.807, 2.05) is 0 Å². The highest BCUT2D eigenvalue weighted by molar-refractivity contribution is 5.92. The number of rotatable bonds is 8. The Labute approximate surface area is 153 Å². The zero-order valence-electron chi connectivity index (χ0n) is 15.4. The number of hydrogen-bond donors (Lipinski definition) is 4. The maximum atomic E-state index is 12.5. The SMILES string of the molecule is C=CCC(=O)NC(C(=O)NC(C)C(=O)N1CCC[C@@H](C(=O)O)N1)C(C)C. The Bertz CT molecular complexity index is 563. The van der Waals surface area contributed by atoms with E-state index in [-0.39, 0.29) is 18.2 Å². The molecule has 0 aliphatic carbocycles. The first-order chi connectivity index (χ1) is 12.2. The molecule has 1 aliphatic rings. The van der Waals surface area contributed by atoms with Crippen molar-refractivity contribution in [2.45, 2.75) is 58.2 Å². The van der Waals surface area contributed by atoms with Crippen LogP contribution in [-0.4, -0.2) is 58.5 Å². The molecule has 0 aromatic rings. The highest BCUT2D eigenvalue weighted by atomic mass is 16.4. The van der Waals surface area contributed by atoms with Gasteiger partial charge in [-0.2, -0.15) is 0 Å². The third-order valence-corrected chi connectivity index (χ3v) is 4.07. The minimum Gasteiger partial charge on any atom is -0.480 e. The van der Waals surface area contributed by atoms with Crippen molar-refractivity contribution in [1.29, 1.82) is 0 Å². The molecule has 2 unspecified atom stereocenters. The summed E-state index contributed by atoms with van der Waals surface area (Å²) in [4.78, 5) is 47.7. The first kappa shape index (κ1) is 21.6. The molecule has 0 spiro atoms. The largest absolute Gasteiger partial charge is 0.480 e. The second-order valence-corrected chi connectivity index (χ2v) is 6.66. The van der Waals surface area contributed by atoms with Crippen LogP contribution in [0.15, 0.2) is 12.7 Å². The summed E-state index contributed by atoms with van der Waals surface area (Å²) in [5.41, 5.74) is 2.66. The minimum atomic E-state index is -1.02. The van der Waals surface area contributed by atoms with Crippen molar-refractivity contribution in [3.05, 3.63) is 12.7 Å². The van der Waals surface area contributed by atoms with Gasteiger partial charge in [0.15, 0.2) is 0 Å². The minimum absolute atomic E-state index is 0.0965. The average molecular weight is 368 g/mol. The van der Waals surface area contributed by atoms with E-state index in [4.69, 9.17) is 5.11 Å². The Morgan fingerprint density at radius 2 is 1.92 bits per heavy atom. The lowest BCUT2D eigenvalue weighted by atomic mass is 10.0. The highest BCUT2D eigenvalue weighted by Gasteiger charge is 2.32. The van der Waals surface area contributed by atoms with Crippen LogP contribution in [0, 0.1) is 5.92 Å². The van der Waals surface area contributed by atoms with E-state index in [9.17, 15) is 19.2 Å². The molecule has 9 nitrogen and oxygen atoms in total. The molecule has 1 fully saturated rings. The predicted molar refractivity (Wildman–Crippen MR) is 94.7 cm³/mol. The van der Waals surface area contributed by atoms with Crippen molar-refractivity contribution in [2.24, 2.45) is 5.92 Å². The van der Waals surface area contributed by atoms with Crippen LogP contribution in [0.1, 0.15) is 40.0 Å². The Morgan fingerprint density at radius 3 is 2.46 bits per heavy atom. The first-order valence-corrected chi connectivity index (χ1v) is 8.68. The van der Waals surface area contributed by atoms with Crippen molar-refractivity contribution < 1.29 is 24.3 Å². The summed E-state index contributed by atoms with van der Waals surface area (Å²) in [6, 6.07) is -2.46. The number of amides is 3. The van der Waals surface area contributed by atoms with Crippen LogP contribution in [-0.2, 0) is 19.2 Å². The fraction of sp³-hybridized carbons (Fsp3) is 0.647. The quantitative estimate of drug-likeness (QED) is 0.439. The molecule has 4 N–H and O–H groups in total. The number of carbonyl (C=O) groups excluding carboxylic acids is 3. The Kier molecular flexibility index (Phi) is 8.24. The van der Waals surface area contributed by atoms with Crippen molar-refractivity contribution in [3.8, 4) is 0 Å². The lowest BCUT2D eigenvalue weighted by Crippen LogP contribution is -2.60. The van der Waals surface area contributed by atoms with Crippen molar-refractivity contribution >= 4 is 23.7 Å². The fourth-order valence-electron chi connectivity index (χ4n) is 2.62. The Hall–Kier alpha value is -2.42. The van der Waals surface area contributed by atoms with Crippen LogP contribution in [0.25, 0.3) is 0 Å². The summed E-state index contributed by atoms with van der Waals surface area (Å²) in [7, 11) is 0. The monoisotopic (exact) mass is 368 g/mol. The normalized spacial score (nSPS) is 19.4. The highest BCUT2D eigenvalue weighted by Crippen LogP contribution is 2.09. The van der Waals surface area contributed by atoms with Gasteiger partial charge in [0.05, 0.1) is 0 Å². The lowest BCUT2D eigenvalue weighted by molar-refractivity contribution is -0.148. The molecule has 1 aliphatic heterocycles. The van der Waals surface area contributed by atoms with Crippen LogP contribution < -0.4 is 16.1 Å². The Balaban J connectivity index is 2.68. The number of carbonyl (C=O) groups is 4. The van der Waals surface area contributed by atoms with E-state index < -0.39 is 35.9 Å². The predicted octanol–water partition coefficient (Wildman–Crippen LogP) is -0.212. The van der Waals surface area contributed by atoms with Crippen LogP contribution in [0.4, 0.5) is 0 Å². The standard InChI is InChI=1S/C17H28N4O5/c1-5-7-13(22)19-14(10(2)3)15(23)18-11(4)16(24)21-9-6-8-12(20-21)17(25)26/h5,10-12,14,20H,1,6-9H2,2-4H3,(H,18,23)(H,19,22)(H,25,26)/t11?,12-,14?/m0/s1. The van der Waals surface area contributed by atoms with E-state index in [0.29, 0.717) is 19.4 Å². The summed E-state index contributed by atoms with van der Waals surface area (Å²) in [6.07, 6.45) is 2.53. The molecule has 1 saturated heterocycles. The van der Waals surface area contributed by atoms with Gasteiger partial charge in [-0.15, -0.1) is 6.58 Å². The molecule has 0 saturated carbocycles. The van der Waals surface area contributed by atoms with Gasteiger partial charge in [-0.05, 0) is 25.7 Å². The molecule has 0 radical (unpaired) electrons. The summed E-state index contributed by atoms with van der Waals surface area (Å²) in [5, 5.41) is 15.5. The molecule has 9 heteroatoms. The van der Waals surface area contributed by atoms with E-state index in [1.54, 1.807) is 13.8 Å². The lowest BCUT2D eigenvalue weighted by Gasteiger charge is -2.34. The number of hydrogen-bond acceptors (Lipinski definition) is 5. The number of aliphatic carboxylic acids is 1. The van der Waals surface area contributed by atoms with Gasteiger partial charge in [0, 0.05) is 13.0 Å². The van der Waals surface area contributed by atoms with Crippen LogP contribution >= 0.6 is 0 Å². The smallest absolute Gasteiger partial charge is 0.322 e. The number of nitrogens with one attached hydrogen (secondary N) is 3. The van der Waals surface area contributed by atoms with Gasteiger partial charge in [0.1, 0.15) is 18.1 Å². The van der Waals surface area contributed by atoms with E-state index >= 15 is 0 Å². The van der Waals surface area contributed by atoms with Crippen molar-refractivity contribution in [3.63, 3.8) is 0 Å². The average Bonchev–Trinajstić information content (AvgIpc) is 2.58. The van der Waals surface area contributed by atoms with Crippen molar-refractivity contribution in [2.75, 3.05) is 6.54 Å². The summed E-state index contributed by atoms with van der Waals surface area (Å²) >= 11 is 0. The zero-order valence-corrected chi connectivity index (χ0v) is 15.4. The maximum absolute atomic E-state index is 12.5. The molecule has 3 amide bonds. The Morgan fingerprint density at radius 1 is 1.27 bits per heavy atom. The van der Waals surface area contributed by atoms with Crippen LogP contribution in [0.2, 0.25) is 0 Å². The summed E-state index contributed by atoms with van der Waals surface area (Å²) in [6.45, 7) is 8.94. The van der Waals surface area contributed by atoms with Gasteiger partial charge in [0.25, 0.3) is 5.91 Å². The molecule has 0 aromatic heterocycles. The van der Waals surface area contributed by atoms with Crippen LogP contribution in [0.3, 0.4) is 0 Å². The summed E-state index contributed by atoms with van der Waals surface area (Å²) < 4.78 is 0. The molecule has 0 aromatic carbocycles. The van der Waals surface area contributed by atoms with Gasteiger partial charge in [-0.25, -0.2) is 5.43 Å². The zero-order chi connectivity index (χ0) is 19.9. The number of nitrogens with zero attached hydrogens (tertiary/aromatic N) is 1. The molecule has 1 heterocycles. The van der Waals surface area contributed by atoms with E-state index in [2.05, 4.69) is 22.6 Å². The van der Waals surface area contributed by atoms with Gasteiger partial charge >= 0.3 is 5.97 Å². The van der Waals surface area contributed by atoms with Gasteiger partial charge in [0.2, 0.25) is 11.8 Å². The van der Waals surface area contributed by atoms with Crippen LogP contribution in [0.5, 0.6) is 0 Å². The molecular formula is C17H28N4O5. The topological polar surface area (TPSA) is 128 Å². The second-order valence-electron chi connectivity index (χ2n) is 6.66. The van der Waals surface area contributed by atoms with E-state index in [0.717, 1.165) is 0 Å². The molecule has 3 atom stereocenters. The third-order valence-electron chi connectivity index (χ3n) is 4.07. The van der Waals surface area contributed by atoms with E-state index in [1.165, 1.54) is 18.0 Å². The van der Waals surface area contributed by atoms with Gasteiger partial charge < -0.3 is 15.7 Å². The van der Waals surface area contributed by atoms with Gasteiger partial charge in [-0.3, -0.25) is 24.2 Å². The molecule has 26 heavy (non-hydrogen) atoms. The fourth-order valence-corrected chi connectivity index (χ4v) is 2.62.